The van der Waals surface area contributed by atoms with Gasteiger partial charge in [0, 0.05) is 30.9 Å². The Hall–Kier alpha value is -1.50. The van der Waals surface area contributed by atoms with Gasteiger partial charge in [0.15, 0.2) is 0 Å². The number of rotatable bonds is 24. The number of carbonyl (C=O) groups excluding carboxylic acids is 2. The molecule has 0 unspecified atom stereocenters. The summed E-state index contributed by atoms with van der Waals surface area (Å²) in [5.74, 6) is 2.54. The normalized spacial score (nSPS) is 13.3. The first-order valence-electron chi connectivity index (χ1n) is 14.0. The van der Waals surface area contributed by atoms with Gasteiger partial charge in [-0.3, -0.25) is 9.59 Å². The van der Waals surface area contributed by atoms with E-state index in [1.54, 1.807) is 21.6 Å². The maximum Gasteiger partial charge on any atom is 0.236 e. The number of ketones is 1. The summed E-state index contributed by atoms with van der Waals surface area (Å²) < 4.78 is 0. The Balaban J connectivity index is 3.53. The molecule has 0 aromatic rings. The van der Waals surface area contributed by atoms with Crippen LogP contribution in [-0.4, -0.2) is 35.8 Å². The molecule has 0 aliphatic carbocycles. The van der Waals surface area contributed by atoms with E-state index < -0.39 is 6.04 Å². The van der Waals surface area contributed by atoms with Crippen LogP contribution in [0, 0.1) is 5.92 Å². The zero-order valence-electron chi connectivity index (χ0n) is 23.5. The predicted octanol–water partition coefficient (Wildman–Crippen LogP) is 8.13. The maximum atomic E-state index is 12.0. The Morgan fingerprint density at radius 3 is 1.84 bits per heavy atom. The van der Waals surface area contributed by atoms with Crippen LogP contribution in [-0.2, 0) is 9.59 Å². The molecule has 6 heteroatoms. The molecule has 3 N–H and O–H groups in total. The van der Waals surface area contributed by atoms with E-state index >= 15 is 0 Å². The third kappa shape index (κ3) is 27.4. The van der Waals surface area contributed by atoms with Gasteiger partial charge in [0.25, 0.3) is 0 Å². The Bertz CT molecular complexity index is 712. The van der Waals surface area contributed by atoms with Crippen molar-refractivity contribution in [1.29, 1.82) is 0 Å². The van der Waals surface area contributed by atoms with Crippen LogP contribution in [0.25, 0.3) is 0 Å². The van der Waals surface area contributed by atoms with Crippen molar-refractivity contribution in [3.8, 4) is 0 Å². The number of nitrogens with two attached hydrogens (primary N) is 1. The van der Waals surface area contributed by atoms with Crippen molar-refractivity contribution in [3.05, 3.63) is 60.8 Å². The molecule has 0 aliphatic heterocycles. The summed E-state index contributed by atoms with van der Waals surface area (Å²) in [5.41, 5.74) is 5.87. The second-order valence-corrected chi connectivity index (χ2v) is 12.1. The molecule has 0 bridgehead atoms. The summed E-state index contributed by atoms with van der Waals surface area (Å²) in [6.45, 7) is 6.92. The summed E-state index contributed by atoms with van der Waals surface area (Å²) >= 11 is 0. The first kappa shape index (κ1) is 35.5. The third-order valence-corrected chi connectivity index (χ3v) is 7.79. The molecule has 1 atom stereocenters. The van der Waals surface area contributed by atoms with Crippen LogP contribution in [0.3, 0.4) is 0 Å². The molecule has 1 amide bonds. The van der Waals surface area contributed by atoms with E-state index in [0.29, 0.717) is 37.5 Å². The summed E-state index contributed by atoms with van der Waals surface area (Å²) in [4.78, 5) is 23.9. The third-order valence-electron chi connectivity index (χ3n) is 5.30. The molecular weight excluding hydrogens is 496 g/mol. The van der Waals surface area contributed by atoms with E-state index in [-0.39, 0.29) is 5.91 Å². The van der Waals surface area contributed by atoms with Gasteiger partial charge in [-0.1, -0.05) is 103 Å². The first-order chi connectivity index (χ1) is 18.0. The van der Waals surface area contributed by atoms with Crippen LogP contribution >= 0.6 is 21.6 Å². The van der Waals surface area contributed by atoms with Crippen LogP contribution in [0.15, 0.2) is 60.8 Å². The van der Waals surface area contributed by atoms with Gasteiger partial charge in [0.05, 0.1) is 6.04 Å². The van der Waals surface area contributed by atoms with Gasteiger partial charge in [-0.2, -0.15) is 0 Å². The van der Waals surface area contributed by atoms with Gasteiger partial charge in [-0.15, -0.1) is 0 Å². The topological polar surface area (TPSA) is 72.2 Å². The van der Waals surface area contributed by atoms with Crippen LogP contribution < -0.4 is 11.1 Å². The maximum absolute atomic E-state index is 12.0. The molecule has 0 fully saturated rings. The molecule has 0 rings (SSSR count). The average molecular weight is 549 g/mol. The van der Waals surface area contributed by atoms with Crippen LogP contribution in [0.2, 0.25) is 0 Å². The molecule has 0 heterocycles. The van der Waals surface area contributed by atoms with Gasteiger partial charge in [-0.25, -0.2) is 0 Å². The quantitative estimate of drug-likeness (QED) is 0.0724. The Morgan fingerprint density at radius 2 is 1.27 bits per heavy atom. The molecule has 0 aromatic carbocycles. The molecule has 0 spiro atoms. The van der Waals surface area contributed by atoms with E-state index in [1.165, 1.54) is 0 Å². The van der Waals surface area contributed by atoms with Gasteiger partial charge in [-0.05, 0) is 63.7 Å². The lowest BCUT2D eigenvalue weighted by atomic mass is 10.0. The minimum atomic E-state index is -0.412. The lowest BCUT2D eigenvalue weighted by Gasteiger charge is -2.13. The highest BCUT2D eigenvalue weighted by Gasteiger charge is 2.13. The minimum absolute atomic E-state index is 0.0607. The second-order valence-electron chi connectivity index (χ2n) is 9.41. The smallest absolute Gasteiger partial charge is 0.236 e. The van der Waals surface area contributed by atoms with Gasteiger partial charge < -0.3 is 11.1 Å². The highest BCUT2D eigenvalue weighted by atomic mass is 33.1. The number of nitrogens with one attached hydrogen (secondary N) is 1. The number of allylic oxidation sites excluding steroid dienone is 10. The van der Waals surface area contributed by atoms with Crippen molar-refractivity contribution in [2.75, 3.05) is 18.1 Å². The Kier molecular flexibility index (Phi) is 26.4. The SMILES string of the molecule is CC/C=C\C/C=C\C/C=C\C/C=C\C/C=C\CCCC(=O)CCCSSCCNC(=O)[C@@H](N)CC(C)C. The van der Waals surface area contributed by atoms with Crippen LogP contribution in [0.4, 0.5) is 0 Å². The molecule has 0 saturated carbocycles. The van der Waals surface area contributed by atoms with Crippen molar-refractivity contribution in [2.24, 2.45) is 11.7 Å². The van der Waals surface area contributed by atoms with Crippen molar-refractivity contribution in [3.63, 3.8) is 0 Å². The summed E-state index contributed by atoms with van der Waals surface area (Å²) in [6, 6.07) is -0.412. The standard InChI is InChI=1S/C31H52N2O2S2/c1-4-5-6-7-8-9-10-11-12-13-14-15-16-17-18-19-20-22-29(34)23-21-25-36-37-26-24-33-31(35)30(32)27-28(2)3/h5-6,8-9,11-12,14-15,17-18,28,30H,4,7,10,13,16,19-27,32H2,1-3H3,(H,33,35)/b6-5-,9-8-,12-11-,15-14-,18-17-/t30-/m0/s1. The Morgan fingerprint density at radius 1 is 0.757 bits per heavy atom. The van der Waals surface area contributed by atoms with E-state index in [4.69, 9.17) is 5.73 Å². The fraction of sp³-hybridized carbons (Fsp3) is 0.613. The van der Waals surface area contributed by atoms with E-state index in [9.17, 15) is 9.59 Å². The van der Waals surface area contributed by atoms with Crippen molar-refractivity contribution < 1.29 is 9.59 Å². The van der Waals surface area contributed by atoms with Crippen LogP contribution in [0.1, 0.15) is 91.4 Å². The molecule has 0 aliphatic rings. The van der Waals surface area contributed by atoms with Gasteiger partial charge >= 0.3 is 0 Å². The predicted molar refractivity (Wildman–Crippen MR) is 168 cm³/mol. The lowest BCUT2D eigenvalue weighted by molar-refractivity contribution is -0.122. The summed E-state index contributed by atoms with van der Waals surface area (Å²) in [5, 5.41) is 2.89. The number of hydrogen-bond acceptors (Lipinski definition) is 5. The van der Waals surface area contributed by atoms with E-state index in [0.717, 1.165) is 62.9 Å². The number of unbranched alkanes of at least 4 members (excludes halogenated alkanes) is 1. The summed E-state index contributed by atoms with van der Waals surface area (Å²) in [6.07, 6.45) is 32.0. The number of hydrogen-bond donors (Lipinski definition) is 2. The van der Waals surface area contributed by atoms with Crippen molar-refractivity contribution >= 4 is 33.3 Å². The number of carbonyl (C=O) groups is 2. The molecular formula is C31H52N2O2S2. The highest BCUT2D eigenvalue weighted by molar-refractivity contribution is 8.76. The van der Waals surface area contributed by atoms with Gasteiger partial charge in [0.1, 0.15) is 5.78 Å². The Labute approximate surface area is 235 Å². The highest BCUT2D eigenvalue weighted by Crippen LogP contribution is 2.22. The second kappa shape index (κ2) is 27.5. The molecule has 4 nitrogen and oxygen atoms in total. The molecule has 210 valence electrons. The van der Waals surface area contributed by atoms with Crippen molar-refractivity contribution in [1.82, 2.24) is 5.32 Å². The fourth-order valence-electron chi connectivity index (χ4n) is 3.32. The first-order valence-corrected chi connectivity index (χ1v) is 16.5. The largest absolute Gasteiger partial charge is 0.354 e. The fourth-order valence-corrected chi connectivity index (χ4v) is 5.31. The number of amides is 1. The van der Waals surface area contributed by atoms with Crippen molar-refractivity contribution in [2.45, 2.75) is 97.4 Å². The van der Waals surface area contributed by atoms with E-state index in [1.807, 2.05) is 0 Å². The van der Waals surface area contributed by atoms with Crippen LogP contribution in [0.5, 0.6) is 0 Å². The summed E-state index contributed by atoms with van der Waals surface area (Å²) in [7, 11) is 3.51. The lowest BCUT2D eigenvalue weighted by Crippen LogP contribution is -2.42. The average Bonchev–Trinajstić information content (AvgIpc) is 2.86. The molecule has 0 aromatic heterocycles. The monoisotopic (exact) mass is 548 g/mol. The zero-order chi connectivity index (χ0) is 27.4. The molecule has 0 saturated heterocycles. The van der Waals surface area contributed by atoms with Gasteiger partial charge in [0.2, 0.25) is 5.91 Å². The van der Waals surface area contributed by atoms with E-state index in [2.05, 4.69) is 86.8 Å². The molecule has 0 radical (unpaired) electrons. The number of Topliss-reactive ketones (excluding diaryl/α,β-unsaturated/α-hetero) is 1. The molecule has 37 heavy (non-hydrogen) atoms. The zero-order valence-corrected chi connectivity index (χ0v) is 25.2. The minimum Gasteiger partial charge on any atom is -0.354 e.